The van der Waals surface area contributed by atoms with Crippen LogP contribution in [0.4, 0.5) is 6.01 Å². The van der Waals surface area contributed by atoms with E-state index in [0.29, 0.717) is 0 Å². The number of fused-ring (bicyclic) bond motifs is 1. The van der Waals surface area contributed by atoms with E-state index in [0.717, 1.165) is 0 Å². The van der Waals surface area contributed by atoms with Crippen molar-refractivity contribution in [2.45, 2.75) is 17.8 Å². The lowest BCUT2D eigenvalue weighted by Crippen LogP contribution is -2.73. The van der Waals surface area contributed by atoms with Gasteiger partial charge >= 0.3 is 12.0 Å². The molecule has 3 atom stereocenters. The second-order valence-electron chi connectivity index (χ2n) is 5.60. The molecule has 3 rings (SSSR count). The van der Waals surface area contributed by atoms with Crippen LogP contribution in [0.1, 0.15) is 5.82 Å². The Morgan fingerprint density at radius 1 is 1.62 bits per heavy atom. The molecule has 4 N–H and O–H groups in total. The average Bonchev–Trinajstić information content (AvgIpc) is 2.96. The summed E-state index contributed by atoms with van der Waals surface area (Å²) in [6.07, 6.45) is 1.20. The van der Waals surface area contributed by atoms with Gasteiger partial charge in [0.2, 0.25) is 11.8 Å². The van der Waals surface area contributed by atoms with Crippen molar-refractivity contribution in [2.75, 3.05) is 18.0 Å². The van der Waals surface area contributed by atoms with Gasteiger partial charge in [0, 0.05) is 12.3 Å². The first-order valence-corrected chi connectivity index (χ1v) is 8.08. The van der Waals surface area contributed by atoms with E-state index in [4.69, 9.17) is 5.73 Å². The third-order valence-corrected chi connectivity index (χ3v) is 5.59. The standard InChI is InChI=1S/C13H15N5O5S/c1-2-13(11(21)22)4-18-9(20)8(10(18)24-5-13)16-7(19)3-6-15-12(14)23-17-6/h2,8,10H,1,3-5H2,(H,16,19)(H,21,22)(H2,14,15,17)/t8?,10-,13?/m1/s1. The highest BCUT2D eigenvalue weighted by Gasteiger charge is 2.56. The number of carboxylic acids is 1. The van der Waals surface area contributed by atoms with Crippen LogP contribution in [-0.4, -0.2) is 61.6 Å². The fraction of sp³-hybridized carbons (Fsp3) is 0.462. The fourth-order valence-electron chi connectivity index (χ4n) is 2.64. The number of hydrogen-bond acceptors (Lipinski definition) is 8. The topological polar surface area (TPSA) is 152 Å². The number of hydrogen-bond donors (Lipinski definition) is 3. The molecule has 24 heavy (non-hydrogen) atoms. The Bertz CT molecular complexity index is 721. The smallest absolute Gasteiger partial charge is 0.318 e. The van der Waals surface area contributed by atoms with Gasteiger partial charge in [-0.15, -0.1) is 18.3 Å². The van der Waals surface area contributed by atoms with Gasteiger partial charge in [0.25, 0.3) is 0 Å². The summed E-state index contributed by atoms with van der Waals surface area (Å²) in [7, 11) is 0. The van der Waals surface area contributed by atoms with E-state index in [1.807, 2.05) is 0 Å². The summed E-state index contributed by atoms with van der Waals surface area (Å²) >= 11 is 1.31. The summed E-state index contributed by atoms with van der Waals surface area (Å²) in [6.45, 7) is 3.62. The number of nitrogens with two attached hydrogens (primary N) is 1. The third-order valence-electron chi connectivity index (χ3n) is 4.04. The van der Waals surface area contributed by atoms with Crippen molar-refractivity contribution in [1.82, 2.24) is 20.4 Å². The Hall–Kier alpha value is -2.56. The van der Waals surface area contributed by atoms with E-state index in [1.165, 1.54) is 22.7 Å². The molecule has 128 valence electrons. The van der Waals surface area contributed by atoms with E-state index in [2.05, 4.69) is 26.6 Å². The Morgan fingerprint density at radius 3 is 2.96 bits per heavy atom. The van der Waals surface area contributed by atoms with Gasteiger partial charge in [-0.2, -0.15) is 4.98 Å². The van der Waals surface area contributed by atoms with Gasteiger partial charge in [0.05, 0.1) is 6.42 Å². The highest BCUT2D eigenvalue weighted by molar-refractivity contribution is 8.00. The molecular formula is C13H15N5O5S. The minimum Gasteiger partial charge on any atom is -0.481 e. The number of carbonyl (C=O) groups is 3. The van der Waals surface area contributed by atoms with E-state index in [-0.39, 0.29) is 41.8 Å². The van der Waals surface area contributed by atoms with Crippen molar-refractivity contribution >= 4 is 35.6 Å². The van der Waals surface area contributed by atoms with Gasteiger partial charge < -0.3 is 25.6 Å². The van der Waals surface area contributed by atoms with Gasteiger partial charge in [0.15, 0.2) is 5.82 Å². The number of nitrogen functional groups attached to an aromatic ring is 1. The molecule has 2 aliphatic rings. The number of anilines is 1. The zero-order valence-corrected chi connectivity index (χ0v) is 13.3. The van der Waals surface area contributed by atoms with Crippen LogP contribution < -0.4 is 11.1 Å². The van der Waals surface area contributed by atoms with E-state index in [9.17, 15) is 19.5 Å². The number of rotatable bonds is 5. The SMILES string of the molecule is C=CC1(C(=O)O)CS[C@@H]2C(NC(=O)Cc3noc(N)n3)C(=O)N2C1. The second-order valence-corrected chi connectivity index (χ2v) is 6.71. The van der Waals surface area contributed by atoms with Gasteiger partial charge in [-0.25, -0.2) is 0 Å². The molecule has 3 heterocycles. The van der Waals surface area contributed by atoms with Crippen molar-refractivity contribution < 1.29 is 24.0 Å². The summed E-state index contributed by atoms with van der Waals surface area (Å²) in [4.78, 5) is 40.8. The molecule has 10 nitrogen and oxygen atoms in total. The summed E-state index contributed by atoms with van der Waals surface area (Å²) < 4.78 is 4.57. The molecule has 2 fully saturated rings. The van der Waals surface area contributed by atoms with E-state index < -0.39 is 23.3 Å². The fourth-order valence-corrected chi connectivity index (χ4v) is 4.18. The number of aromatic nitrogens is 2. The van der Waals surface area contributed by atoms with Gasteiger partial charge in [-0.3, -0.25) is 14.4 Å². The van der Waals surface area contributed by atoms with Crippen LogP contribution in [0.3, 0.4) is 0 Å². The van der Waals surface area contributed by atoms with Crippen LogP contribution in [0.25, 0.3) is 0 Å². The maximum atomic E-state index is 12.2. The van der Waals surface area contributed by atoms with Crippen LogP contribution >= 0.6 is 11.8 Å². The molecule has 0 bridgehead atoms. The lowest BCUT2D eigenvalue weighted by Gasteiger charge is -2.53. The Morgan fingerprint density at radius 2 is 2.38 bits per heavy atom. The Labute approximate surface area is 140 Å². The summed E-state index contributed by atoms with van der Waals surface area (Å²) in [5.74, 6) is -1.36. The first kappa shape index (κ1) is 16.3. The predicted molar refractivity (Wildman–Crippen MR) is 82.6 cm³/mol. The molecule has 0 spiro atoms. The van der Waals surface area contributed by atoms with Crippen molar-refractivity contribution in [3.63, 3.8) is 0 Å². The highest BCUT2D eigenvalue weighted by atomic mass is 32.2. The average molecular weight is 353 g/mol. The van der Waals surface area contributed by atoms with Crippen LogP contribution in [0.2, 0.25) is 0 Å². The van der Waals surface area contributed by atoms with Crippen molar-refractivity contribution in [3.8, 4) is 0 Å². The second kappa shape index (κ2) is 5.82. The van der Waals surface area contributed by atoms with Crippen LogP contribution in [0, 0.1) is 5.41 Å². The number of β-lactam (4-membered cyclic amide) rings is 1. The number of nitrogens with zero attached hydrogens (tertiary/aromatic N) is 3. The summed E-state index contributed by atoms with van der Waals surface area (Å²) in [5.41, 5.74) is 4.11. The quantitative estimate of drug-likeness (QED) is 0.440. The van der Waals surface area contributed by atoms with Crippen LogP contribution in [0.5, 0.6) is 0 Å². The minimum absolute atomic E-state index is 0.0517. The van der Waals surface area contributed by atoms with Crippen LogP contribution in [-0.2, 0) is 20.8 Å². The number of nitrogens with one attached hydrogen (secondary N) is 1. The predicted octanol–water partition coefficient (Wildman–Crippen LogP) is -1.15. The molecule has 0 aliphatic carbocycles. The zero-order valence-electron chi connectivity index (χ0n) is 12.5. The molecule has 1 aromatic rings. The number of aliphatic carboxylic acids is 1. The Kier molecular flexibility index (Phi) is 3.95. The lowest BCUT2D eigenvalue weighted by molar-refractivity contribution is -0.156. The molecule has 0 radical (unpaired) electrons. The summed E-state index contributed by atoms with van der Waals surface area (Å²) in [6, 6.07) is -0.829. The van der Waals surface area contributed by atoms with Gasteiger partial charge in [-0.1, -0.05) is 11.2 Å². The Balaban J connectivity index is 1.61. The maximum Gasteiger partial charge on any atom is 0.318 e. The molecule has 2 aliphatic heterocycles. The van der Waals surface area contributed by atoms with Crippen molar-refractivity contribution in [2.24, 2.45) is 5.41 Å². The molecule has 0 aromatic carbocycles. The van der Waals surface area contributed by atoms with Gasteiger partial charge in [-0.05, 0) is 0 Å². The largest absolute Gasteiger partial charge is 0.481 e. The molecule has 2 amide bonds. The number of thioether (sulfide) groups is 1. The molecule has 2 saturated heterocycles. The lowest BCUT2D eigenvalue weighted by atomic mass is 9.87. The maximum absolute atomic E-state index is 12.2. The molecule has 2 unspecified atom stereocenters. The third kappa shape index (κ3) is 2.60. The minimum atomic E-state index is -1.16. The number of carboxylic acid groups (broad SMARTS) is 1. The van der Waals surface area contributed by atoms with E-state index in [1.54, 1.807) is 0 Å². The summed E-state index contributed by atoms with van der Waals surface area (Å²) in [5, 5.41) is 15.2. The number of amides is 2. The zero-order chi connectivity index (χ0) is 17.5. The monoisotopic (exact) mass is 353 g/mol. The van der Waals surface area contributed by atoms with Crippen molar-refractivity contribution in [1.29, 1.82) is 0 Å². The van der Waals surface area contributed by atoms with Crippen molar-refractivity contribution in [3.05, 3.63) is 18.5 Å². The number of carbonyl (C=O) groups excluding carboxylic acids is 2. The first-order valence-electron chi connectivity index (χ1n) is 7.03. The highest BCUT2D eigenvalue weighted by Crippen LogP contribution is 2.42. The van der Waals surface area contributed by atoms with E-state index >= 15 is 0 Å². The normalized spacial score (nSPS) is 28.7. The molecule has 11 heteroatoms. The molecule has 0 saturated carbocycles. The molecule has 1 aromatic heterocycles. The van der Waals surface area contributed by atoms with Gasteiger partial charge in [0.1, 0.15) is 16.8 Å². The first-order chi connectivity index (χ1) is 11.4. The molecular weight excluding hydrogens is 338 g/mol. The van der Waals surface area contributed by atoms with Crippen LogP contribution in [0.15, 0.2) is 17.2 Å².